The van der Waals surface area contributed by atoms with Crippen molar-refractivity contribution in [2.75, 3.05) is 18.5 Å². The maximum atomic E-state index is 5.76. The van der Waals surface area contributed by atoms with Crippen LogP contribution in [0, 0.1) is 0 Å². The van der Waals surface area contributed by atoms with Crippen LogP contribution < -0.4 is 10.1 Å². The number of nitrogens with one attached hydrogen (secondary N) is 1. The SMILES string of the molecule is CC(CNc1ccnc(Cl)n1)c1ccnc2c1OCC2. The number of ether oxygens (including phenoxy) is 1. The van der Waals surface area contributed by atoms with Gasteiger partial charge in [0.2, 0.25) is 5.28 Å². The van der Waals surface area contributed by atoms with E-state index < -0.39 is 0 Å². The first-order valence-electron chi connectivity index (χ1n) is 6.57. The Morgan fingerprint density at radius 3 is 3.05 bits per heavy atom. The Bertz CT molecular complexity index is 620. The summed E-state index contributed by atoms with van der Waals surface area (Å²) in [6, 6.07) is 3.82. The van der Waals surface area contributed by atoms with Gasteiger partial charge in [-0.2, -0.15) is 0 Å². The molecule has 0 aliphatic carbocycles. The van der Waals surface area contributed by atoms with E-state index in [4.69, 9.17) is 16.3 Å². The summed E-state index contributed by atoms with van der Waals surface area (Å²) in [7, 11) is 0. The molecule has 1 aliphatic rings. The van der Waals surface area contributed by atoms with Crippen molar-refractivity contribution in [3.8, 4) is 5.75 Å². The average molecular weight is 291 g/mol. The van der Waals surface area contributed by atoms with Gasteiger partial charge in [0.05, 0.1) is 12.3 Å². The Balaban J connectivity index is 1.71. The van der Waals surface area contributed by atoms with E-state index in [0.717, 1.165) is 36.8 Å². The van der Waals surface area contributed by atoms with Gasteiger partial charge in [0.25, 0.3) is 0 Å². The van der Waals surface area contributed by atoms with Gasteiger partial charge in [-0.3, -0.25) is 4.98 Å². The standard InChI is InChI=1S/C14H15ClN4O/c1-9(8-18-12-3-6-17-14(15)19-12)10-2-5-16-11-4-7-20-13(10)11/h2-3,5-6,9H,4,7-8H2,1H3,(H,17,18,19). The van der Waals surface area contributed by atoms with Gasteiger partial charge in [-0.15, -0.1) is 0 Å². The Labute approximate surface area is 122 Å². The third kappa shape index (κ3) is 2.67. The maximum Gasteiger partial charge on any atom is 0.224 e. The van der Waals surface area contributed by atoms with Crippen molar-refractivity contribution in [2.45, 2.75) is 19.3 Å². The monoisotopic (exact) mass is 290 g/mol. The third-order valence-corrected chi connectivity index (χ3v) is 3.52. The van der Waals surface area contributed by atoms with Gasteiger partial charge in [0.15, 0.2) is 0 Å². The normalized spacial score (nSPS) is 14.5. The van der Waals surface area contributed by atoms with Crippen molar-refractivity contribution in [2.24, 2.45) is 0 Å². The van der Waals surface area contributed by atoms with E-state index in [1.165, 1.54) is 5.56 Å². The van der Waals surface area contributed by atoms with Crippen molar-refractivity contribution in [1.82, 2.24) is 15.0 Å². The molecule has 104 valence electrons. The zero-order valence-electron chi connectivity index (χ0n) is 11.1. The molecular formula is C14H15ClN4O. The number of halogens is 1. The van der Waals surface area contributed by atoms with Crippen LogP contribution in [0.15, 0.2) is 24.5 Å². The summed E-state index contributed by atoms with van der Waals surface area (Å²) in [5.74, 6) is 1.96. The van der Waals surface area contributed by atoms with Gasteiger partial charge in [0, 0.05) is 36.8 Å². The molecule has 6 heteroatoms. The largest absolute Gasteiger partial charge is 0.491 e. The predicted molar refractivity (Wildman–Crippen MR) is 77.4 cm³/mol. The minimum atomic E-state index is 0.246. The molecule has 3 heterocycles. The van der Waals surface area contributed by atoms with Gasteiger partial charge < -0.3 is 10.1 Å². The molecule has 0 aromatic carbocycles. The summed E-state index contributed by atoms with van der Waals surface area (Å²) in [5.41, 5.74) is 2.24. The highest BCUT2D eigenvalue weighted by atomic mass is 35.5. The minimum absolute atomic E-state index is 0.246. The topological polar surface area (TPSA) is 59.9 Å². The zero-order chi connectivity index (χ0) is 13.9. The fourth-order valence-electron chi connectivity index (χ4n) is 2.29. The fourth-order valence-corrected chi connectivity index (χ4v) is 2.44. The molecule has 1 atom stereocenters. The first-order valence-corrected chi connectivity index (χ1v) is 6.95. The van der Waals surface area contributed by atoms with E-state index in [2.05, 4.69) is 27.2 Å². The summed E-state index contributed by atoms with van der Waals surface area (Å²) in [5, 5.41) is 3.51. The van der Waals surface area contributed by atoms with Crippen molar-refractivity contribution in [3.63, 3.8) is 0 Å². The molecule has 2 aromatic heterocycles. The highest BCUT2D eigenvalue weighted by Gasteiger charge is 2.20. The molecule has 0 saturated heterocycles. The lowest BCUT2D eigenvalue weighted by molar-refractivity contribution is 0.352. The van der Waals surface area contributed by atoms with Gasteiger partial charge in [-0.1, -0.05) is 6.92 Å². The third-order valence-electron chi connectivity index (χ3n) is 3.34. The van der Waals surface area contributed by atoms with E-state index in [-0.39, 0.29) is 5.28 Å². The second kappa shape index (κ2) is 5.63. The molecule has 0 saturated carbocycles. The number of anilines is 1. The molecule has 0 bridgehead atoms. The molecule has 2 aromatic rings. The summed E-state index contributed by atoms with van der Waals surface area (Å²) >= 11 is 5.76. The molecule has 20 heavy (non-hydrogen) atoms. The van der Waals surface area contributed by atoms with Gasteiger partial charge in [-0.05, 0) is 23.7 Å². The second-order valence-corrected chi connectivity index (χ2v) is 5.11. The molecule has 1 aliphatic heterocycles. The Morgan fingerprint density at radius 2 is 2.20 bits per heavy atom. The van der Waals surface area contributed by atoms with E-state index in [9.17, 15) is 0 Å². The highest BCUT2D eigenvalue weighted by Crippen LogP contribution is 2.32. The zero-order valence-corrected chi connectivity index (χ0v) is 11.9. The summed E-state index contributed by atoms with van der Waals surface area (Å²) in [6.45, 7) is 3.61. The first-order chi connectivity index (χ1) is 9.74. The predicted octanol–water partition coefficient (Wildman–Crippen LogP) is 2.68. The number of aromatic nitrogens is 3. The summed E-state index contributed by atoms with van der Waals surface area (Å²) < 4.78 is 5.68. The fraction of sp³-hybridized carbons (Fsp3) is 0.357. The minimum Gasteiger partial charge on any atom is -0.491 e. The van der Waals surface area contributed by atoms with Crippen molar-refractivity contribution < 1.29 is 4.74 Å². The number of pyridine rings is 1. The highest BCUT2D eigenvalue weighted by molar-refractivity contribution is 6.28. The van der Waals surface area contributed by atoms with Crippen LogP contribution in [0.1, 0.15) is 24.1 Å². The molecular weight excluding hydrogens is 276 g/mol. The lowest BCUT2D eigenvalue weighted by Gasteiger charge is -2.16. The molecule has 0 fully saturated rings. The van der Waals surface area contributed by atoms with Crippen LogP contribution in [0.2, 0.25) is 5.28 Å². The number of hydrogen-bond acceptors (Lipinski definition) is 5. The van der Waals surface area contributed by atoms with Crippen LogP contribution in [-0.2, 0) is 6.42 Å². The molecule has 5 nitrogen and oxygen atoms in total. The average Bonchev–Trinajstić information content (AvgIpc) is 2.93. The Morgan fingerprint density at radius 1 is 1.35 bits per heavy atom. The Kier molecular flexibility index (Phi) is 3.69. The number of rotatable bonds is 4. The van der Waals surface area contributed by atoms with Gasteiger partial charge in [0.1, 0.15) is 11.6 Å². The van der Waals surface area contributed by atoms with Crippen LogP contribution in [-0.4, -0.2) is 28.1 Å². The second-order valence-electron chi connectivity index (χ2n) is 4.77. The van der Waals surface area contributed by atoms with Gasteiger partial charge >= 0.3 is 0 Å². The molecule has 3 rings (SSSR count). The number of nitrogens with zero attached hydrogens (tertiary/aromatic N) is 3. The molecule has 0 amide bonds. The van der Waals surface area contributed by atoms with Crippen LogP contribution in [0.3, 0.4) is 0 Å². The quantitative estimate of drug-likeness (QED) is 0.877. The van der Waals surface area contributed by atoms with Crippen molar-refractivity contribution >= 4 is 17.4 Å². The maximum absolute atomic E-state index is 5.76. The molecule has 0 radical (unpaired) electrons. The van der Waals surface area contributed by atoms with Crippen molar-refractivity contribution in [1.29, 1.82) is 0 Å². The Hall–Kier alpha value is -1.88. The lowest BCUT2D eigenvalue weighted by Crippen LogP contribution is -2.12. The number of hydrogen-bond donors (Lipinski definition) is 1. The summed E-state index contributed by atoms with van der Waals surface area (Å²) in [4.78, 5) is 12.3. The number of fused-ring (bicyclic) bond motifs is 1. The van der Waals surface area contributed by atoms with Crippen LogP contribution in [0.5, 0.6) is 5.75 Å². The molecule has 0 spiro atoms. The van der Waals surface area contributed by atoms with Crippen LogP contribution >= 0.6 is 11.6 Å². The lowest BCUT2D eigenvalue weighted by atomic mass is 10.0. The summed E-state index contributed by atoms with van der Waals surface area (Å²) in [6.07, 6.45) is 4.38. The van der Waals surface area contributed by atoms with Gasteiger partial charge in [-0.25, -0.2) is 9.97 Å². The van der Waals surface area contributed by atoms with E-state index in [1.54, 1.807) is 12.3 Å². The van der Waals surface area contributed by atoms with E-state index in [0.29, 0.717) is 5.92 Å². The molecule has 1 N–H and O–H groups in total. The first kappa shape index (κ1) is 13.1. The van der Waals surface area contributed by atoms with Crippen LogP contribution in [0.25, 0.3) is 0 Å². The van der Waals surface area contributed by atoms with E-state index >= 15 is 0 Å². The molecule has 1 unspecified atom stereocenters. The van der Waals surface area contributed by atoms with Crippen molar-refractivity contribution in [3.05, 3.63) is 41.1 Å². The van der Waals surface area contributed by atoms with Crippen LogP contribution in [0.4, 0.5) is 5.82 Å². The smallest absolute Gasteiger partial charge is 0.224 e. The van der Waals surface area contributed by atoms with E-state index in [1.807, 2.05) is 12.3 Å².